The molecule has 108 valence electrons. The van der Waals surface area contributed by atoms with Crippen molar-refractivity contribution in [3.8, 4) is 11.1 Å². The Bertz CT molecular complexity index is 631. The number of benzene rings is 2. The highest BCUT2D eigenvalue weighted by atomic mass is 16.3. The minimum atomic E-state index is -0.665. The molecule has 21 heavy (non-hydrogen) atoms. The monoisotopic (exact) mass is 279 g/mol. The standard InChI is InChI=1S/C19H21NO/c21-19(14-20-11-9-17(19)10-12-20)18-8-4-7-16(13-18)15-5-2-1-3-6-15/h1-8,13,17,21H,9-12,14H2/t19-/m1/s1. The number of aliphatic hydroxyl groups is 1. The Labute approximate surface area is 126 Å². The van der Waals surface area contributed by atoms with Gasteiger partial charge in [-0.15, -0.1) is 0 Å². The van der Waals surface area contributed by atoms with E-state index in [1.165, 1.54) is 11.1 Å². The SMILES string of the molecule is O[C@]1(c2cccc(-c3ccccc3)c2)CN2CCC1CC2. The Balaban J connectivity index is 1.73. The summed E-state index contributed by atoms with van der Waals surface area (Å²) in [5, 5.41) is 11.3. The summed E-state index contributed by atoms with van der Waals surface area (Å²) in [6.45, 7) is 3.08. The van der Waals surface area contributed by atoms with Crippen LogP contribution in [0, 0.1) is 5.92 Å². The molecule has 0 aliphatic carbocycles. The van der Waals surface area contributed by atoms with Gasteiger partial charge in [-0.1, -0.05) is 48.5 Å². The predicted octanol–water partition coefficient (Wildman–Crippen LogP) is 3.27. The minimum absolute atomic E-state index is 0.411. The summed E-state index contributed by atoms with van der Waals surface area (Å²) in [7, 11) is 0. The fourth-order valence-corrected chi connectivity index (χ4v) is 3.96. The number of piperidine rings is 3. The van der Waals surface area contributed by atoms with Crippen LogP contribution in [0.5, 0.6) is 0 Å². The van der Waals surface area contributed by atoms with Gasteiger partial charge in [-0.05, 0) is 54.6 Å². The molecule has 0 aromatic heterocycles. The maximum Gasteiger partial charge on any atom is 0.105 e. The molecule has 3 saturated heterocycles. The van der Waals surface area contributed by atoms with Crippen LogP contribution in [-0.2, 0) is 5.60 Å². The van der Waals surface area contributed by atoms with Crippen LogP contribution in [0.4, 0.5) is 0 Å². The number of nitrogens with zero attached hydrogens (tertiary/aromatic N) is 1. The van der Waals surface area contributed by atoms with Crippen molar-refractivity contribution < 1.29 is 5.11 Å². The Morgan fingerprint density at radius 2 is 1.62 bits per heavy atom. The van der Waals surface area contributed by atoms with Crippen molar-refractivity contribution >= 4 is 0 Å². The Morgan fingerprint density at radius 1 is 0.905 bits per heavy atom. The highest BCUT2D eigenvalue weighted by molar-refractivity contribution is 5.64. The first kappa shape index (κ1) is 13.1. The van der Waals surface area contributed by atoms with E-state index in [4.69, 9.17) is 0 Å². The van der Waals surface area contributed by atoms with Gasteiger partial charge in [0.05, 0.1) is 0 Å². The molecule has 0 amide bonds. The van der Waals surface area contributed by atoms with Gasteiger partial charge in [-0.2, -0.15) is 0 Å². The Morgan fingerprint density at radius 3 is 2.29 bits per heavy atom. The quantitative estimate of drug-likeness (QED) is 0.912. The second kappa shape index (κ2) is 4.97. The van der Waals surface area contributed by atoms with E-state index in [0.29, 0.717) is 5.92 Å². The van der Waals surface area contributed by atoms with Gasteiger partial charge in [0.25, 0.3) is 0 Å². The van der Waals surface area contributed by atoms with Gasteiger partial charge in [0.1, 0.15) is 5.60 Å². The molecule has 1 atom stereocenters. The first-order valence-electron chi connectivity index (χ1n) is 7.86. The lowest BCUT2D eigenvalue weighted by Gasteiger charge is -2.50. The molecule has 5 rings (SSSR count). The van der Waals surface area contributed by atoms with Crippen molar-refractivity contribution in [3.05, 3.63) is 60.2 Å². The van der Waals surface area contributed by atoms with Crippen LogP contribution >= 0.6 is 0 Å². The average molecular weight is 279 g/mol. The summed E-state index contributed by atoms with van der Waals surface area (Å²) in [4.78, 5) is 2.40. The molecule has 1 N–H and O–H groups in total. The third kappa shape index (κ3) is 2.19. The van der Waals surface area contributed by atoms with Gasteiger partial charge in [0.2, 0.25) is 0 Å². The fraction of sp³-hybridized carbons (Fsp3) is 0.368. The lowest BCUT2D eigenvalue weighted by Crippen LogP contribution is -2.57. The van der Waals surface area contributed by atoms with E-state index in [0.717, 1.165) is 38.0 Å². The van der Waals surface area contributed by atoms with E-state index in [9.17, 15) is 5.11 Å². The van der Waals surface area contributed by atoms with Crippen LogP contribution in [0.2, 0.25) is 0 Å². The summed E-state index contributed by atoms with van der Waals surface area (Å²) in [6, 6.07) is 18.9. The fourth-order valence-electron chi connectivity index (χ4n) is 3.96. The second-order valence-electron chi connectivity index (χ2n) is 6.42. The van der Waals surface area contributed by atoms with Crippen LogP contribution in [0.1, 0.15) is 18.4 Å². The number of hydrogen-bond acceptors (Lipinski definition) is 2. The number of hydrogen-bond donors (Lipinski definition) is 1. The summed E-state index contributed by atoms with van der Waals surface area (Å²) in [5.74, 6) is 0.411. The maximum absolute atomic E-state index is 11.3. The smallest absolute Gasteiger partial charge is 0.105 e. The lowest BCUT2D eigenvalue weighted by molar-refractivity contribution is -0.117. The van der Waals surface area contributed by atoms with Gasteiger partial charge in [0.15, 0.2) is 0 Å². The number of fused-ring (bicyclic) bond motifs is 3. The van der Waals surface area contributed by atoms with Crippen molar-refractivity contribution in [1.29, 1.82) is 0 Å². The summed E-state index contributed by atoms with van der Waals surface area (Å²) >= 11 is 0. The van der Waals surface area contributed by atoms with Crippen LogP contribution < -0.4 is 0 Å². The largest absolute Gasteiger partial charge is 0.384 e. The maximum atomic E-state index is 11.3. The van der Waals surface area contributed by atoms with Crippen molar-refractivity contribution in [2.45, 2.75) is 18.4 Å². The molecular weight excluding hydrogens is 258 g/mol. The summed E-state index contributed by atoms with van der Waals surface area (Å²) in [5.41, 5.74) is 2.82. The molecule has 0 radical (unpaired) electrons. The van der Waals surface area contributed by atoms with Crippen molar-refractivity contribution in [1.82, 2.24) is 4.90 Å². The van der Waals surface area contributed by atoms with Crippen LogP contribution in [0.15, 0.2) is 54.6 Å². The van der Waals surface area contributed by atoms with Crippen LogP contribution in [0.3, 0.4) is 0 Å². The van der Waals surface area contributed by atoms with Crippen LogP contribution in [-0.4, -0.2) is 29.6 Å². The normalized spacial score (nSPS) is 31.3. The van der Waals surface area contributed by atoms with Crippen molar-refractivity contribution in [2.75, 3.05) is 19.6 Å². The zero-order valence-corrected chi connectivity index (χ0v) is 12.2. The number of rotatable bonds is 2. The summed E-state index contributed by atoms with van der Waals surface area (Å²) in [6.07, 6.45) is 2.23. The highest BCUT2D eigenvalue weighted by Gasteiger charge is 2.46. The minimum Gasteiger partial charge on any atom is -0.384 e. The first-order valence-corrected chi connectivity index (χ1v) is 7.86. The van der Waals surface area contributed by atoms with Crippen molar-refractivity contribution in [2.24, 2.45) is 5.92 Å². The second-order valence-corrected chi connectivity index (χ2v) is 6.42. The predicted molar refractivity (Wildman–Crippen MR) is 84.9 cm³/mol. The molecule has 2 nitrogen and oxygen atoms in total. The zero-order valence-electron chi connectivity index (χ0n) is 12.2. The van der Waals surface area contributed by atoms with Gasteiger partial charge < -0.3 is 10.0 Å². The highest BCUT2D eigenvalue weighted by Crippen LogP contribution is 2.43. The van der Waals surface area contributed by atoms with E-state index < -0.39 is 5.60 Å². The van der Waals surface area contributed by atoms with E-state index in [1.54, 1.807) is 0 Å². The molecule has 3 fully saturated rings. The molecule has 2 aromatic carbocycles. The molecule has 0 spiro atoms. The van der Waals surface area contributed by atoms with Gasteiger partial charge in [0, 0.05) is 6.54 Å². The molecular formula is C19H21NO. The van der Waals surface area contributed by atoms with E-state index in [1.807, 2.05) is 6.07 Å². The van der Waals surface area contributed by atoms with Gasteiger partial charge in [-0.25, -0.2) is 0 Å². The lowest BCUT2D eigenvalue weighted by atomic mass is 9.71. The van der Waals surface area contributed by atoms with Crippen LogP contribution in [0.25, 0.3) is 11.1 Å². The molecule has 3 aliphatic rings. The van der Waals surface area contributed by atoms with Crippen molar-refractivity contribution in [3.63, 3.8) is 0 Å². The zero-order chi connectivity index (χ0) is 14.3. The third-order valence-electron chi connectivity index (χ3n) is 5.20. The molecule has 3 heterocycles. The molecule has 0 saturated carbocycles. The molecule has 0 unspecified atom stereocenters. The van der Waals surface area contributed by atoms with E-state index in [2.05, 4.69) is 53.4 Å². The van der Waals surface area contributed by atoms with Gasteiger partial charge >= 0.3 is 0 Å². The Hall–Kier alpha value is -1.64. The average Bonchev–Trinajstić information content (AvgIpc) is 2.57. The molecule has 3 aliphatic heterocycles. The molecule has 2 aromatic rings. The summed E-state index contributed by atoms with van der Waals surface area (Å²) < 4.78 is 0. The Kier molecular flexibility index (Phi) is 3.09. The molecule has 2 heteroatoms. The molecule has 2 bridgehead atoms. The first-order chi connectivity index (χ1) is 10.3. The van der Waals surface area contributed by atoms with E-state index >= 15 is 0 Å². The van der Waals surface area contributed by atoms with Gasteiger partial charge in [-0.3, -0.25) is 0 Å². The van der Waals surface area contributed by atoms with E-state index in [-0.39, 0.29) is 0 Å². The topological polar surface area (TPSA) is 23.5 Å². The third-order valence-corrected chi connectivity index (χ3v) is 5.20.